The van der Waals surface area contributed by atoms with Gasteiger partial charge in [-0.3, -0.25) is 0 Å². The first-order chi connectivity index (χ1) is 8.83. The molecule has 0 spiro atoms. The van der Waals surface area contributed by atoms with Gasteiger partial charge in [-0.2, -0.15) is 0 Å². The first-order valence-electron chi connectivity index (χ1n) is 6.68. The second kappa shape index (κ2) is 4.84. The topological polar surface area (TPSA) is 40.7 Å². The number of imidazole rings is 1. The summed E-state index contributed by atoms with van der Waals surface area (Å²) in [6.07, 6.45) is 7.56. The quantitative estimate of drug-likeness (QED) is 0.860. The largest absolute Gasteiger partial charge is 0.382 e. The van der Waals surface area contributed by atoms with Crippen LogP contribution < -0.4 is 5.32 Å². The number of anilines is 1. The number of nitrogens with one attached hydrogen (secondary N) is 2. The summed E-state index contributed by atoms with van der Waals surface area (Å²) in [4.78, 5) is 7.16. The Morgan fingerprint density at radius 1 is 1.22 bits per heavy atom. The lowest BCUT2D eigenvalue weighted by molar-refractivity contribution is 0.556. The van der Waals surface area contributed by atoms with Crippen molar-refractivity contribution in [3.63, 3.8) is 0 Å². The smallest absolute Gasteiger partial charge is 0.0924 e. The van der Waals surface area contributed by atoms with Gasteiger partial charge in [-0.15, -0.1) is 0 Å². The highest BCUT2D eigenvalue weighted by atomic mass is 14.9. The van der Waals surface area contributed by atoms with E-state index < -0.39 is 0 Å². The molecule has 94 valence electrons. The highest BCUT2D eigenvalue weighted by Gasteiger charge is 2.22. The number of benzene rings is 1. The molecule has 2 aromatic rings. The average molecular weight is 241 g/mol. The minimum Gasteiger partial charge on any atom is -0.382 e. The molecule has 2 unspecified atom stereocenters. The summed E-state index contributed by atoms with van der Waals surface area (Å²) in [6.45, 7) is 2.34. The van der Waals surface area contributed by atoms with Gasteiger partial charge in [0.2, 0.25) is 0 Å². The predicted octanol–water partition coefficient (Wildman–Crippen LogP) is 3.68. The summed E-state index contributed by atoms with van der Waals surface area (Å²) in [5.41, 5.74) is 3.46. The van der Waals surface area contributed by atoms with Crippen LogP contribution in [0.2, 0.25) is 0 Å². The molecule has 3 rings (SSSR count). The summed E-state index contributed by atoms with van der Waals surface area (Å²) in [7, 11) is 0. The molecule has 1 aromatic heterocycles. The molecule has 1 saturated carbocycles. The minimum atomic E-state index is 0.642. The molecular weight excluding hydrogens is 222 g/mol. The van der Waals surface area contributed by atoms with Crippen LogP contribution in [0.5, 0.6) is 0 Å². The van der Waals surface area contributed by atoms with Gasteiger partial charge in [0.15, 0.2) is 0 Å². The molecule has 1 aliphatic rings. The number of rotatable bonds is 3. The van der Waals surface area contributed by atoms with Crippen LogP contribution in [0.25, 0.3) is 11.3 Å². The van der Waals surface area contributed by atoms with Crippen LogP contribution in [0.4, 0.5) is 5.69 Å². The molecule has 0 aliphatic heterocycles. The summed E-state index contributed by atoms with van der Waals surface area (Å²) in [5, 5.41) is 3.64. The molecule has 1 heterocycles. The van der Waals surface area contributed by atoms with Crippen LogP contribution in [0.3, 0.4) is 0 Å². The van der Waals surface area contributed by atoms with Crippen LogP contribution in [0.1, 0.15) is 26.2 Å². The maximum Gasteiger partial charge on any atom is 0.0924 e. The van der Waals surface area contributed by atoms with E-state index in [1.807, 2.05) is 6.20 Å². The van der Waals surface area contributed by atoms with Gasteiger partial charge in [0.1, 0.15) is 0 Å². The van der Waals surface area contributed by atoms with E-state index in [1.54, 1.807) is 6.33 Å². The Bertz CT molecular complexity index is 487. The van der Waals surface area contributed by atoms with Crippen molar-refractivity contribution in [2.75, 3.05) is 5.32 Å². The van der Waals surface area contributed by atoms with Gasteiger partial charge in [0.05, 0.1) is 18.2 Å². The normalized spacial score (nSPS) is 23.2. The summed E-state index contributed by atoms with van der Waals surface area (Å²) in [6, 6.07) is 9.22. The number of hydrogen-bond donors (Lipinski definition) is 2. The van der Waals surface area contributed by atoms with Crippen LogP contribution in [0, 0.1) is 5.92 Å². The number of aromatic nitrogens is 2. The Balaban J connectivity index is 1.71. The zero-order chi connectivity index (χ0) is 12.4. The van der Waals surface area contributed by atoms with E-state index in [2.05, 4.69) is 46.5 Å². The maximum absolute atomic E-state index is 4.04. The van der Waals surface area contributed by atoms with E-state index in [1.165, 1.54) is 30.5 Å². The molecule has 2 N–H and O–H groups in total. The minimum absolute atomic E-state index is 0.642. The second-order valence-corrected chi connectivity index (χ2v) is 5.20. The van der Waals surface area contributed by atoms with Gasteiger partial charge < -0.3 is 10.3 Å². The van der Waals surface area contributed by atoms with Gasteiger partial charge >= 0.3 is 0 Å². The van der Waals surface area contributed by atoms with Crippen molar-refractivity contribution >= 4 is 5.69 Å². The third kappa shape index (κ3) is 2.26. The van der Waals surface area contributed by atoms with Crippen LogP contribution in [-0.4, -0.2) is 16.0 Å². The Kier molecular flexibility index (Phi) is 3.05. The fourth-order valence-electron chi connectivity index (χ4n) is 2.73. The zero-order valence-electron chi connectivity index (χ0n) is 10.7. The average Bonchev–Trinajstić information content (AvgIpc) is 3.03. The number of aromatic amines is 1. The number of H-pyrrole nitrogens is 1. The molecule has 2 atom stereocenters. The molecule has 0 saturated heterocycles. The van der Waals surface area contributed by atoms with E-state index in [-0.39, 0.29) is 0 Å². The summed E-state index contributed by atoms with van der Waals surface area (Å²) >= 11 is 0. The van der Waals surface area contributed by atoms with Crippen LogP contribution >= 0.6 is 0 Å². The lowest BCUT2D eigenvalue weighted by atomic mass is 10.1. The predicted molar refractivity (Wildman–Crippen MR) is 74.4 cm³/mol. The van der Waals surface area contributed by atoms with Crippen molar-refractivity contribution < 1.29 is 0 Å². The Labute approximate surface area is 108 Å². The van der Waals surface area contributed by atoms with E-state index in [9.17, 15) is 0 Å². The van der Waals surface area contributed by atoms with E-state index in [0.29, 0.717) is 6.04 Å². The number of nitrogens with zero attached hydrogens (tertiary/aromatic N) is 1. The number of hydrogen-bond acceptors (Lipinski definition) is 2. The molecule has 0 amide bonds. The van der Waals surface area contributed by atoms with Gasteiger partial charge in [-0.1, -0.05) is 25.5 Å². The molecular formula is C15H19N3. The van der Waals surface area contributed by atoms with Crippen LogP contribution in [0.15, 0.2) is 36.8 Å². The molecule has 3 heteroatoms. The first kappa shape index (κ1) is 11.3. The van der Waals surface area contributed by atoms with Gasteiger partial charge in [0, 0.05) is 11.7 Å². The molecule has 1 fully saturated rings. The lowest BCUT2D eigenvalue weighted by Crippen LogP contribution is -2.21. The molecule has 1 aliphatic carbocycles. The monoisotopic (exact) mass is 241 g/mol. The molecule has 0 bridgehead atoms. The highest BCUT2D eigenvalue weighted by molar-refractivity contribution is 5.62. The van der Waals surface area contributed by atoms with E-state index in [0.717, 1.165) is 11.6 Å². The van der Waals surface area contributed by atoms with Gasteiger partial charge in [-0.25, -0.2) is 4.98 Å². The molecule has 3 nitrogen and oxygen atoms in total. The fourth-order valence-corrected chi connectivity index (χ4v) is 2.73. The summed E-state index contributed by atoms with van der Waals surface area (Å²) < 4.78 is 0. The Hall–Kier alpha value is -1.77. The standard InChI is InChI=1S/C15H19N3/c1-11-3-2-4-14(11)18-13-7-5-12(6-8-13)15-9-16-10-17-15/h5-11,14,18H,2-4H2,1H3,(H,16,17). The van der Waals surface area contributed by atoms with Crippen molar-refractivity contribution in [2.24, 2.45) is 5.92 Å². The van der Waals surface area contributed by atoms with Gasteiger partial charge in [-0.05, 0) is 36.5 Å². The van der Waals surface area contributed by atoms with Gasteiger partial charge in [0.25, 0.3) is 0 Å². The molecule has 18 heavy (non-hydrogen) atoms. The fraction of sp³-hybridized carbons (Fsp3) is 0.400. The van der Waals surface area contributed by atoms with Crippen LogP contribution in [-0.2, 0) is 0 Å². The third-order valence-corrected chi connectivity index (χ3v) is 3.91. The van der Waals surface area contributed by atoms with Crippen molar-refractivity contribution in [1.82, 2.24) is 9.97 Å². The van der Waals surface area contributed by atoms with Crippen molar-refractivity contribution in [2.45, 2.75) is 32.2 Å². The highest BCUT2D eigenvalue weighted by Crippen LogP contribution is 2.28. The lowest BCUT2D eigenvalue weighted by Gasteiger charge is -2.18. The van der Waals surface area contributed by atoms with Crippen molar-refractivity contribution in [1.29, 1.82) is 0 Å². The van der Waals surface area contributed by atoms with E-state index in [4.69, 9.17) is 0 Å². The van der Waals surface area contributed by atoms with Crippen molar-refractivity contribution in [3.8, 4) is 11.3 Å². The van der Waals surface area contributed by atoms with E-state index >= 15 is 0 Å². The Morgan fingerprint density at radius 3 is 2.67 bits per heavy atom. The SMILES string of the molecule is CC1CCCC1Nc1ccc(-c2cnc[nH]2)cc1. The first-order valence-corrected chi connectivity index (χ1v) is 6.68. The molecule has 0 radical (unpaired) electrons. The Morgan fingerprint density at radius 2 is 2.06 bits per heavy atom. The summed E-state index contributed by atoms with van der Waals surface area (Å²) in [5.74, 6) is 0.789. The second-order valence-electron chi connectivity index (χ2n) is 5.20. The molecule has 1 aromatic carbocycles. The maximum atomic E-state index is 4.04. The zero-order valence-corrected chi connectivity index (χ0v) is 10.7. The third-order valence-electron chi connectivity index (χ3n) is 3.91. The van der Waals surface area contributed by atoms with Crippen molar-refractivity contribution in [3.05, 3.63) is 36.8 Å².